The van der Waals surface area contributed by atoms with Gasteiger partial charge in [-0.05, 0) is 53.5 Å². The summed E-state index contributed by atoms with van der Waals surface area (Å²) in [6, 6.07) is 1.51. The summed E-state index contributed by atoms with van der Waals surface area (Å²) in [5.41, 5.74) is 0.247. The Kier molecular flexibility index (Phi) is 5.94. The van der Waals surface area contributed by atoms with Crippen LogP contribution in [0, 0.1) is 0 Å². The van der Waals surface area contributed by atoms with Gasteiger partial charge in [-0.25, -0.2) is 0 Å². The van der Waals surface area contributed by atoms with E-state index in [0.717, 1.165) is 18.6 Å². The van der Waals surface area contributed by atoms with Crippen molar-refractivity contribution in [1.29, 1.82) is 0 Å². The molecular weight excluding hydrogens is 208 g/mol. The summed E-state index contributed by atoms with van der Waals surface area (Å²) in [5, 5.41) is 3.68. The predicted molar refractivity (Wildman–Crippen MR) is 76.5 cm³/mol. The molecule has 2 atom stereocenters. The molecule has 0 aromatic carbocycles. The van der Waals surface area contributed by atoms with E-state index in [4.69, 9.17) is 0 Å². The molecule has 17 heavy (non-hydrogen) atoms. The van der Waals surface area contributed by atoms with E-state index in [9.17, 15) is 0 Å². The fourth-order valence-electron chi connectivity index (χ4n) is 2.83. The Morgan fingerprint density at radius 1 is 1.29 bits per heavy atom. The van der Waals surface area contributed by atoms with Gasteiger partial charge >= 0.3 is 0 Å². The van der Waals surface area contributed by atoms with Crippen molar-refractivity contribution in [3.8, 4) is 0 Å². The lowest BCUT2D eigenvalue weighted by molar-refractivity contribution is 0.0923. The minimum atomic E-state index is 0.247. The van der Waals surface area contributed by atoms with Crippen LogP contribution in [-0.4, -0.2) is 35.6 Å². The predicted octanol–water partition coefficient (Wildman–Crippen LogP) is 3.42. The lowest BCUT2D eigenvalue weighted by atomic mass is 9.97. The van der Waals surface area contributed by atoms with E-state index in [-0.39, 0.29) is 5.54 Å². The van der Waals surface area contributed by atoms with Crippen molar-refractivity contribution in [3.63, 3.8) is 0 Å². The zero-order chi connectivity index (χ0) is 12.9. The normalized spacial score (nSPS) is 24.9. The largest absolute Gasteiger partial charge is 0.311 e. The van der Waals surface area contributed by atoms with Gasteiger partial charge in [0.2, 0.25) is 0 Å². The van der Waals surface area contributed by atoms with Gasteiger partial charge in [-0.3, -0.25) is 4.90 Å². The van der Waals surface area contributed by atoms with Crippen molar-refractivity contribution in [2.45, 2.75) is 84.3 Å². The monoisotopic (exact) mass is 240 g/mol. The molecular formula is C15H32N2. The third-order valence-corrected chi connectivity index (χ3v) is 3.81. The molecule has 1 rings (SSSR count). The zero-order valence-electron chi connectivity index (χ0n) is 12.6. The molecule has 1 heterocycles. The number of hydrogen-bond acceptors (Lipinski definition) is 2. The molecule has 102 valence electrons. The number of rotatable bonds is 5. The van der Waals surface area contributed by atoms with Crippen LogP contribution in [0.2, 0.25) is 0 Å². The lowest BCUT2D eigenvalue weighted by Crippen LogP contribution is -2.52. The SMILES string of the molecule is CCCC(C)N1CCCCC1CNC(C)(C)C. The van der Waals surface area contributed by atoms with Crippen LogP contribution in [0.1, 0.15) is 66.7 Å². The number of piperidine rings is 1. The third-order valence-electron chi connectivity index (χ3n) is 3.81. The second-order valence-corrected chi connectivity index (χ2v) is 6.66. The van der Waals surface area contributed by atoms with Crippen LogP contribution in [0.25, 0.3) is 0 Å². The first-order valence-corrected chi connectivity index (χ1v) is 7.45. The third kappa shape index (κ3) is 5.39. The highest BCUT2D eigenvalue weighted by Crippen LogP contribution is 2.21. The summed E-state index contributed by atoms with van der Waals surface area (Å²) in [5.74, 6) is 0. The van der Waals surface area contributed by atoms with Crippen LogP contribution in [0.5, 0.6) is 0 Å². The summed E-state index contributed by atoms with van der Waals surface area (Å²) >= 11 is 0. The first kappa shape index (κ1) is 15.0. The maximum absolute atomic E-state index is 3.68. The van der Waals surface area contributed by atoms with Crippen molar-refractivity contribution in [2.75, 3.05) is 13.1 Å². The van der Waals surface area contributed by atoms with Crippen LogP contribution >= 0.6 is 0 Å². The van der Waals surface area contributed by atoms with Gasteiger partial charge in [0.15, 0.2) is 0 Å². The molecule has 1 aliphatic heterocycles. The van der Waals surface area contributed by atoms with Crippen LogP contribution in [-0.2, 0) is 0 Å². The number of hydrogen-bond donors (Lipinski definition) is 1. The van der Waals surface area contributed by atoms with Gasteiger partial charge in [0.1, 0.15) is 0 Å². The van der Waals surface area contributed by atoms with E-state index in [2.05, 4.69) is 44.8 Å². The van der Waals surface area contributed by atoms with Gasteiger partial charge in [0.25, 0.3) is 0 Å². The topological polar surface area (TPSA) is 15.3 Å². The molecule has 0 radical (unpaired) electrons. The van der Waals surface area contributed by atoms with Crippen LogP contribution in [0.15, 0.2) is 0 Å². The summed E-state index contributed by atoms with van der Waals surface area (Å²) in [6.45, 7) is 13.9. The smallest absolute Gasteiger partial charge is 0.0223 e. The fourth-order valence-corrected chi connectivity index (χ4v) is 2.83. The molecule has 2 unspecified atom stereocenters. The molecule has 1 fully saturated rings. The van der Waals surface area contributed by atoms with Crippen molar-refractivity contribution in [1.82, 2.24) is 10.2 Å². The summed E-state index contributed by atoms with van der Waals surface area (Å²) in [4.78, 5) is 2.74. The summed E-state index contributed by atoms with van der Waals surface area (Å²) < 4.78 is 0. The average molecular weight is 240 g/mol. The van der Waals surface area contributed by atoms with Gasteiger partial charge in [-0.1, -0.05) is 19.8 Å². The standard InChI is InChI=1S/C15H32N2/c1-6-9-13(2)17-11-8-7-10-14(17)12-16-15(3,4)5/h13-14,16H,6-12H2,1-5H3. The Bertz CT molecular complexity index is 207. The van der Waals surface area contributed by atoms with Gasteiger partial charge in [-0.2, -0.15) is 0 Å². The molecule has 0 aromatic rings. The molecule has 0 aliphatic carbocycles. The highest BCUT2D eigenvalue weighted by Gasteiger charge is 2.26. The fraction of sp³-hybridized carbons (Fsp3) is 1.00. The average Bonchev–Trinajstić information content (AvgIpc) is 2.26. The van der Waals surface area contributed by atoms with Gasteiger partial charge < -0.3 is 5.32 Å². The lowest BCUT2D eigenvalue weighted by Gasteiger charge is -2.41. The molecule has 0 spiro atoms. The highest BCUT2D eigenvalue weighted by atomic mass is 15.2. The van der Waals surface area contributed by atoms with E-state index in [0.29, 0.717) is 0 Å². The minimum absolute atomic E-state index is 0.247. The maximum Gasteiger partial charge on any atom is 0.0223 e. The zero-order valence-corrected chi connectivity index (χ0v) is 12.6. The molecule has 0 saturated carbocycles. The second kappa shape index (κ2) is 6.75. The quantitative estimate of drug-likeness (QED) is 0.792. The number of likely N-dealkylation sites (tertiary alicyclic amines) is 1. The Morgan fingerprint density at radius 3 is 2.59 bits per heavy atom. The Labute approximate surface area is 108 Å². The Balaban J connectivity index is 2.47. The number of nitrogens with zero attached hydrogens (tertiary/aromatic N) is 1. The molecule has 0 bridgehead atoms. The Morgan fingerprint density at radius 2 is 2.00 bits per heavy atom. The van der Waals surface area contributed by atoms with Crippen molar-refractivity contribution in [3.05, 3.63) is 0 Å². The second-order valence-electron chi connectivity index (χ2n) is 6.66. The maximum atomic E-state index is 3.68. The van der Waals surface area contributed by atoms with Crippen molar-refractivity contribution in [2.24, 2.45) is 0 Å². The van der Waals surface area contributed by atoms with Crippen molar-refractivity contribution >= 4 is 0 Å². The van der Waals surface area contributed by atoms with E-state index in [1.54, 1.807) is 0 Å². The van der Waals surface area contributed by atoms with E-state index >= 15 is 0 Å². The first-order chi connectivity index (χ1) is 7.94. The molecule has 0 amide bonds. The van der Waals surface area contributed by atoms with E-state index < -0.39 is 0 Å². The molecule has 1 saturated heterocycles. The number of nitrogens with one attached hydrogen (secondary N) is 1. The van der Waals surface area contributed by atoms with Gasteiger partial charge in [0, 0.05) is 24.2 Å². The highest BCUT2D eigenvalue weighted by molar-refractivity contribution is 4.84. The molecule has 1 N–H and O–H groups in total. The van der Waals surface area contributed by atoms with E-state index in [1.807, 2.05) is 0 Å². The van der Waals surface area contributed by atoms with Crippen LogP contribution in [0.3, 0.4) is 0 Å². The van der Waals surface area contributed by atoms with Crippen LogP contribution in [0.4, 0.5) is 0 Å². The van der Waals surface area contributed by atoms with Gasteiger partial charge in [-0.15, -0.1) is 0 Å². The van der Waals surface area contributed by atoms with Crippen molar-refractivity contribution < 1.29 is 0 Å². The van der Waals surface area contributed by atoms with Gasteiger partial charge in [0.05, 0.1) is 0 Å². The molecule has 0 aromatic heterocycles. The minimum Gasteiger partial charge on any atom is -0.311 e. The summed E-state index contributed by atoms with van der Waals surface area (Å²) in [6.07, 6.45) is 6.81. The van der Waals surface area contributed by atoms with E-state index in [1.165, 1.54) is 38.6 Å². The Hall–Kier alpha value is -0.0800. The first-order valence-electron chi connectivity index (χ1n) is 7.45. The molecule has 2 heteroatoms. The van der Waals surface area contributed by atoms with Crippen LogP contribution < -0.4 is 5.32 Å². The molecule has 2 nitrogen and oxygen atoms in total. The summed E-state index contributed by atoms with van der Waals surface area (Å²) in [7, 11) is 0. The molecule has 1 aliphatic rings.